The van der Waals surface area contributed by atoms with Crippen LogP contribution in [0.3, 0.4) is 0 Å². The normalized spacial score (nSPS) is 11.2. The van der Waals surface area contributed by atoms with Crippen molar-refractivity contribution in [1.29, 1.82) is 0 Å². The minimum absolute atomic E-state index is 0.0899. The van der Waals surface area contributed by atoms with Crippen molar-refractivity contribution in [2.75, 3.05) is 32.2 Å². The molecule has 2 aromatic rings. The highest BCUT2D eigenvalue weighted by Crippen LogP contribution is 2.20. The molecule has 0 aliphatic carbocycles. The molecule has 1 unspecified atom stereocenters. The molecule has 1 aromatic carbocycles. The van der Waals surface area contributed by atoms with Gasteiger partial charge in [0.1, 0.15) is 11.5 Å². The topological polar surface area (TPSA) is 119 Å². The van der Waals surface area contributed by atoms with E-state index in [0.717, 1.165) is 0 Å². The van der Waals surface area contributed by atoms with Crippen LogP contribution in [0.25, 0.3) is 11.4 Å². The van der Waals surface area contributed by atoms with Gasteiger partial charge < -0.3 is 20.5 Å². The Morgan fingerprint density at radius 3 is 2.85 bits per heavy atom. The molecule has 0 saturated carbocycles. The van der Waals surface area contributed by atoms with E-state index in [1.165, 1.54) is 6.07 Å². The molecule has 0 radical (unpaired) electrons. The molecule has 0 aliphatic rings. The summed E-state index contributed by atoms with van der Waals surface area (Å²) in [6.07, 6.45) is -0.998. The lowest BCUT2D eigenvalue weighted by Crippen LogP contribution is -2.24. The van der Waals surface area contributed by atoms with E-state index in [2.05, 4.69) is 21.8 Å². The number of aromatic nitrogens is 2. The maximum atomic E-state index is 11.7. The van der Waals surface area contributed by atoms with Crippen LogP contribution in [-0.4, -0.2) is 60.7 Å². The number of nitrogens with two attached hydrogens (primary N) is 1. The van der Waals surface area contributed by atoms with Crippen LogP contribution in [0.4, 0.5) is 5.82 Å². The second-order valence-corrected chi connectivity index (χ2v) is 5.64. The van der Waals surface area contributed by atoms with Crippen LogP contribution in [0.15, 0.2) is 30.3 Å². The third-order valence-electron chi connectivity index (χ3n) is 3.60. The number of likely N-dealkylation sites (N-methyl/N-ethyl adjacent to an activating group) is 1. The summed E-state index contributed by atoms with van der Waals surface area (Å²) < 4.78 is 5.06. The quantitative estimate of drug-likeness (QED) is 0.531. The summed E-state index contributed by atoms with van der Waals surface area (Å²) >= 11 is 0. The highest BCUT2D eigenvalue weighted by atomic mass is 16.5. The molecule has 1 heterocycles. The molecule has 0 spiro atoms. The van der Waals surface area contributed by atoms with Crippen molar-refractivity contribution in [3.8, 4) is 23.2 Å². The molecule has 8 heteroatoms. The van der Waals surface area contributed by atoms with Crippen molar-refractivity contribution >= 4 is 18.0 Å². The Morgan fingerprint density at radius 2 is 2.19 bits per heavy atom. The number of aldehydes is 1. The summed E-state index contributed by atoms with van der Waals surface area (Å²) in [5.74, 6) is 5.29. The Labute approximate surface area is 157 Å². The van der Waals surface area contributed by atoms with Gasteiger partial charge in [-0.25, -0.2) is 9.97 Å². The highest BCUT2D eigenvalue weighted by Gasteiger charge is 2.13. The first-order valence-corrected chi connectivity index (χ1v) is 8.09. The highest BCUT2D eigenvalue weighted by molar-refractivity contribution is 5.92. The van der Waals surface area contributed by atoms with Gasteiger partial charge >= 0.3 is 0 Å². The van der Waals surface area contributed by atoms with Crippen molar-refractivity contribution in [3.63, 3.8) is 0 Å². The Balaban J connectivity index is 2.44. The fourth-order valence-electron chi connectivity index (χ4n) is 2.16. The van der Waals surface area contributed by atoms with Gasteiger partial charge in [-0.1, -0.05) is 24.0 Å². The molecule has 0 saturated heterocycles. The number of carbonyl (C=O) groups is 2. The van der Waals surface area contributed by atoms with Gasteiger partial charge in [0.05, 0.1) is 6.61 Å². The molecule has 8 nitrogen and oxygen atoms in total. The standard InChI is InChI=1S/C19H20N4O4/c1-23(8-9-27-2)17-11-16(18(20)26)21-19(22-17)14-5-3-4-13(10-14)6-7-15(25)12-24/h3-5,10-12,15,25H,8-9H2,1-2H3,(H2,20,26). The molecule has 0 fully saturated rings. The third-order valence-corrected chi connectivity index (χ3v) is 3.60. The fraction of sp³-hybridized carbons (Fsp3) is 0.263. The van der Waals surface area contributed by atoms with Crippen molar-refractivity contribution < 1.29 is 19.4 Å². The van der Waals surface area contributed by atoms with E-state index in [-0.39, 0.29) is 5.69 Å². The van der Waals surface area contributed by atoms with E-state index in [0.29, 0.717) is 42.2 Å². The molecule has 27 heavy (non-hydrogen) atoms. The lowest BCUT2D eigenvalue weighted by molar-refractivity contribution is -0.112. The van der Waals surface area contributed by atoms with E-state index in [9.17, 15) is 14.7 Å². The first-order chi connectivity index (χ1) is 12.9. The first-order valence-electron chi connectivity index (χ1n) is 8.09. The molecular weight excluding hydrogens is 348 g/mol. The lowest BCUT2D eigenvalue weighted by atomic mass is 10.1. The summed E-state index contributed by atoms with van der Waals surface area (Å²) in [6, 6.07) is 8.44. The Hall–Kier alpha value is -3.28. The molecule has 3 N–H and O–H groups in total. The molecule has 140 valence electrons. The number of aliphatic hydroxyl groups excluding tert-OH is 1. The second kappa shape index (κ2) is 9.43. The molecule has 0 bridgehead atoms. The molecule has 1 aromatic heterocycles. The van der Waals surface area contributed by atoms with Crippen LogP contribution in [0, 0.1) is 11.8 Å². The molecule has 1 amide bonds. The molecule has 0 aliphatic heterocycles. The van der Waals surface area contributed by atoms with Crippen LogP contribution < -0.4 is 10.6 Å². The second-order valence-electron chi connectivity index (χ2n) is 5.64. The van der Waals surface area contributed by atoms with E-state index in [4.69, 9.17) is 10.5 Å². The molecular formula is C19H20N4O4. The van der Waals surface area contributed by atoms with Gasteiger partial charge in [-0.05, 0) is 12.1 Å². The number of carbonyl (C=O) groups excluding carboxylic acids is 2. The number of rotatable bonds is 7. The average molecular weight is 368 g/mol. The van der Waals surface area contributed by atoms with E-state index in [1.807, 2.05) is 11.9 Å². The Morgan fingerprint density at radius 1 is 1.41 bits per heavy atom. The number of aliphatic hydroxyl groups is 1. The predicted octanol–water partition coefficient (Wildman–Crippen LogP) is 0.236. The first kappa shape index (κ1) is 20.0. The van der Waals surface area contributed by atoms with Crippen LogP contribution in [0.1, 0.15) is 16.1 Å². The largest absolute Gasteiger partial charge is 0.383 e. The molecule has 1 atom stereocenters. The number of benzene rings is 1. The van der Waals surface area contributed by atoms with Gasteiger partial charge in [0.15, 0.2) is 18.2 Å². The van der Waals surface area contributed by atoms with Gasteiger partial charge in [0, 0.05) is 37.9 Å². The van der Waals surface area contributed by atoms with Crippen molar-refractivity contribution in [2.24, 2.45) is 5.73 Å². The van der Waals surface area contributed by atoms with Crippen LogP contribution in [-0.2, 0) is 9.53 Å². The summed E-state index contributed by atoms with van der Waals surface area (Å²) in [6.45, 7) is 1.06. The monoisotopic (exact) mass is 368 g/mol. The zero-order valence-electron chi connectivity index (χ0n) is 15.0. The van der Waals surface area contributed by atoms with Crippen LogP contribution in [0.2, 0.25) is 0 Å². The summed E-state index contributed by atoms with van der Waals surface area (Å²) in [5, 5.41) is 9.24. The maximum Gasteiger partial charge on any atom is 0.267 e. The predicted molar refractivity (Wildman–Crippen MR) is 100 cm³/mol. The van der Waals surface area contributed by atoms with E-state index < -0.39 is 12.0 Å². The number of methoxy groups -OCH3 is 1. The summed E-state index contributed by atoms with van der Waals surface area (Å²) in [5.41, 5.74) is 6.67. The average Bonchev–Trinajstić information content (AvgIpc) is 2.69. The Kier molecular flexibility index (Phi) is 7.00. The van der Waals surface area contributed by atoms with Crippen molar-refractivity contribution in [3.05, 3.63) is 41.6 Å². The van der Waals surface area contributed by atoms with Crippen molar-refractivity contribution in [2.45, 2.75) is 6.10 Å². The number of amides is 1. The maximum absolute atomic E-state index is 11.7. The van der Waals surface area contributed by atoms with Gasteiger partial charge in [0.25, 0.3) is 5.91 Å². The lowest BCUT2D eigenvalue weighted by Gasteiger charge is -2.18. The number of primary amides is 1. The number of hydrogen-bond acceptors (Lipinski definition) is 7. The molecule has 2 rings (SSSR count). The van der Waals surface area contributed by atoms with Gasteiger partial charge in [-0.2, -0.15) is 0 Å². The smallest absolute Gasteiger partial charge is 0.267 e. The summed E-state index contributed by atoms with van der Waals surface area (Å²) in [4.78, 5) is 32.7. The Bertz CT molecular complexity index is 889. The minimum atomic E-state index is -1.34. The number of ether oxygens (including phenoxy) is 1. The van der Waals surface area contributed by atoms with E-state index >= 15 is 0 Å². The summed E-state index contributed by atoms with van der Waals surface area (Å²) in [7, 11) is 3.42. The number of anilines is 1. The third kappa shape index (κ3) is 5.60. The SMILES string of the molecule is COCCN(C)c1cc(C(N)=O)nc(-c2cccc(C#CC(O)C=O)c2)n1. The van der Waals surface area contributed by atoms with Crippen molar-refractivity contribution in [1.82, 2.24) is 9.97 Å². The van der Waals surface area contributed by atoms with Crippen LogP contribution in [0.5, 0.6) is 0 Å². The zero-order valence-corrected chi connectivity index (χ0v) is 15.0. The van der Waals surface area contributed by atoms with Gasteiger partial charge in [-0.3, -0.25) is 9.59 Å². The number of hydrogen-bond donors (Lipinski definition) is 2. The number of nitrogens with zero attached hydrogens (tertiary/aromatic N) is 3. The van der Waals surface area contributed by atoms with Crippen LogP contribution >= 0.6 is 0 Å². The van der Waals surface area contributed by atoms with E-state index in [1.54, 1.807) is 31.4 Å². The zero-order chi connectivity index (χ0) is 19.8. The van der Waals surface area contributed by atoms with Gasteiger partial charge in [-0.15, -0.1) is 0 Å². The minimum Gasteiger partial charge on any atom is -0.383 e. The fourth-order valence-corrected chi connectivity index (χ4v) is 2.16. The van der Waals surface area contributed by atoms with Gasteiger partial charge in [0.2, 0.25) is 0 Å².